The fourth-order valence-corrected chi connectivity index (χ4v) is 4.08. The quantitative estimate of drug-likeness (QED) is 0.610. The monoisotopic (exact) mass is 430 g/mol. The van der Waals surface area contributed by atoms with Crippen LogP contribution >= 0.6 is 0 Å². The van der Waals surface area contributed by atoms with Gasteiger partial charge >= 0.3 is 5.76 Å². The van der Waals surface area contributed by atoms with Gasteiger partial charge in [0.25, 0.3) is 5.91 Å². The van der Waals surface area contributed by atoms with Crippen molar-refractivity contribution in [2.45, 2.75) is 56.1 Å². The summed E-state index contributed by atoms with van der Waals surface area (Å²) in [5, 5.41) is 2.93. The second-order valence-electron chi connectivity index (χ2n) is 7.27. The Morgan fingerprint density at radius 2 is 1.86 bits per heavy atom. The highest BCUT2D eigenvalue weighted by Gasteiger charge is 2.30. The smallest absolute Gasteiger partial charge is 0.341 e. The maximum Gasteiger partial charge on any atom is 0.341 e. The summed E-state index contributed by atoms with van der Waals surface area (Å²) < 4.78 is 48.2. The molecule has 1 heterocycles. The first-order chi connectivity index (χ1) is 13.8. The Labute approximate surface area is 170 Å². The van der Waals surface area contributed by atoms with Crippen molar-refractivity contribution in [1.29, 1.82) is 0 Å². The van der Waals surface area contributed by atoms with Crippen LogP contribution in [0.25, 0.3) is 0 Å². The number of amides is 2. The minimum absolute atomic E-state index is 0.0580. The first kappa shape index (κ1) is 23.3. The Balaban J connectivity index is 1.94. The summed E-state index contributed by atoms with van der Waals surface area (Å²) in [6.45, 7) is 3.54. The summed E-state index contributed by atoms with van der Waals surface area (Å²) in [7, 11) is -4.69. The van der Waals surface area contributed by atoms with Crippen LogP contribution < -0.4 is 5.32 Å². The van der Waals surface area contributed by atoms with Gasteiger partial charge in [0.2, 0.25) is 15.7 Å². The molecule has 1 fully saturated rings. The maximum atomic E-state index is 12.7. The summed E-state index contributed by atoms with van der Waals surface area (Å²) in [5.41, 5.74) is 0.207. The van der Waals surface area contributed by atoms with E-state index in [4.69, 9.17) is 0 Å². The van der Waals surface area contributed by atoms with Gasteiger partial charge in [-0.2, -0.15) is 8.78 Å². The van der Waals surface area contributed by atoms with Crippen molar-refractivity contribution in [3.05, 3.63) is 29.8 Å². The highest BCUT2D eigenvalue weighted by atomic mass is 32.2. The van der Waals surface area contributed by atoms with E-state index < -0.39 is 20.5 Å². The number of benzene rings is 1. The first-order valence-electron chi connectivity index (χ1n) is 9.96. The number of nitrogens with one attached hydrogen (secondary N) is 1. The van der Waals surface area contributed by atoms with Gasteiger partial charge in [-0.1, -0.05) is 26.2 Å². The summed E-state index contributed by atoms with van der Waals surface area (Å²) in [4.78, 5) is 26.1. The van der Waals surface area contributed by atoms with Gasteiger partial charge in [-0.3, -0.25) is 9.59 Å². The fraction of sp³-hybridized carbons (Fsp3) is 0.600. The number of carbonyl (C=O) groups is 2. The molecule has 0 aromatic heterocycles. The number of unbranched alkanes of at least 4 members (excludes halogenated alkanes) is 3. The SMILES string of the molecule is CCCCCCNC(=O)C1CCCN(C(=O)c2ccc(S(=O)(=O)C(F)F)cc2)C1. The number of hydrogen-bond acceptors (Lipinski definition) is 4. The van der Waals surface area contributed by atoms with Crippen molar-refractivity contribution >= 4 is 21.7 Å². The van der Waals surface area contributed by atoms with Crippen LogP contribution in [0.2, 0.25) is 0 Å². The molecule has 2 rings (SSSR count). The van der Waals surface area contributed by atoms with E-state index >= 15 is 0 Å². The molecule has 2 amide bonds. The predicted molar refractivity (Wildman–Crippen MR) is 105 cm³/mol. The molecule has 9 heteroatoms. The molecular weight excluding hydrogens is 402 g/mol. The lowest BCUT2D eigenvalue weighted by Crippen LogP contribution is -2.45. The molecule has 1 aromatic rings. The Morgan fingerprint density at radius 3 is 2.48 bits per heavy atom. The zero-order valence-corrected chi connectivity index (χ0v) is 17.4. The van der Waals surface area contributed by atoms with Crippen molar-refractivity contribution in [3.63, 3.8) is 0 Å². The second-order valence-corrected chi connectivity index (χ2v) is 9.19. The number of halogens is 2. The number of nitrogens with zero attached hydrogens (tertiary/aromatic N) is 1. The Bertz CT molecular complexity index is 797. The molecular formula is C20H28F2N2O4S. The standard InChI is InChI=1S/C20H28F2N2O4S/c1-2-3-4-5-12-23-18(25)16-7-6-13-24(14-16)19(26)15-8-10-17(11-9-15)29(27,28)20(21)22/h8-11,16,20H,2-7,12-14H2,1H3,(H,23,25). The molecule has 1 N–H and O–H groups in total. The number of likely N-dealkylation sites (tertiary alicyclic amines) is 1. The average Bonchev–Trinajstić information content (AvgIpc) is 2.73. The minimum Gasteiger partial charge on any atom is -0.356 e. The van der Waals surface area contributed by atoms with Crippen molar-refractivity contribution in [1.82, 2.24) is 10.2 Å². The van der Waals surface area contributed by atoms with Crippen molar-refractivity contribution in [3.8, 4) is 0 Å². The van der Waals surface area contributed by atoms with Gasteiger partial charge in [0.1, 0.15) is 0 Å². The van der Waals surface area contributed by atoms with Crippen molar-refractivity contribution < 1.29 is 26.8 Å². The van der Waals surface area contributed by atoms with E-state index in [1.807, 2.05) is 0 Å². The van der Waals surface area contributed by atoms with Crippen molar-refractivity contribution in [2.24, 2.45) is 5.92 Å². The Morgan fingerprint density at radius 1 is 1.17 bits per heavy atom. The van der Waals surface area contributed by atoms with Gasteiger partial charge in [0, 0.05) is 25.2 Å². The van der Waals surface area contributed by atoms with E-state index in [0.29, 0.717) is 25.9 Å². The molecule has 1 aliphatic heterocycles. The molecule has 1 saturated heterocycles. The van der Waals surface area contributed by atoms with E-state index in [-0.39, 0.29) is 29.8 Å². The van der Waals surface area contributed by atoms with Crippen LogP contribution in [0.4, 0.5) is 8.78 Å². The lowest BCUT2D eigenvalue weighted by molar-refractivity contribution is -0.126. The number of rotatable bonds is 9. The maximum absolute atomic E-state index is 12.7. The van der Waals surface area contributed by atoms with Crippen LogP contribution in [0, 0.1) is 5.92 Å². The molecule has 0 saturated carbocycles. The number of hydrogen-bond donors (Lipinski definition) is 1. The Hall–Kier alpha value is -2.03. The normalized spacial score (nSPS) is 17.4. The molecule has 1 atom stereocenters. The molecule has 1 aromatic carbocycles. The highest BCUT2D eigenvalue weighted by Crippen LogP contribution is 2.22. The van der Waals surface area contributed by atoms with E-state index in [1.165, 1.54) is 12.1 Å². The molecule has 162 valence electrons. The van der Waals surface area contributed by atoms with Gasteiger partial charge in [0.15, 0.2) is 0 Å². The third-order valence-electron chi connectivity index (χ3n) is 5.07. The third-order valence-corrected chi connectivity index (χ3v) is 6.47. The second kappa shape index (κ2) is 10.7. The molecule has 0 aliphatic carbocycles. The largest absolute Gasteiger partial charge is 0.356 e. The van der Waals surface area contributed by atoms with Crippen LogP contribution in [-0.2, 0) is 14.6 Å². The van der Waals surface area contributed by atoms with Crippen LogP contribution in [-0.4, -0.2) is 50.5 Å². The lowest BCUT2D eigenvalue weighted by atomic mass is 9.96. The van der Waals surface area contributed by atoms with E-state index in [0.717, 1.165) is 37.8 Å². The molecule has 1 aliphatic rings. The van der Waals surface area contributed by atoms with E-state index in [9.17, 15) is 26.8 Å². The summed E-state index contributed by atoms with van der Waals surface area (Å²) in [6, 6.07) is 4.49. The van der Waals surface area contributed by atoms with E-state index in [1.54, 1.807) is 4.90 Å². The summed E-state index contributed by atoms with van der Waals surface area (Å²) in [5.74, 6) is -4.19. The third kappa shape index (κ3) is 6.22. The van der Waals surface area contributed by atoms with Crippen LogP contribution in [0.3, 0.4) is 0 Å². The molecule has 29 heavy (non-hydrogen) atoms. The summed E-state index contributed by atoms with van der Waals surface area (Å²) >= 11 is 0. The Kier molecular flexibility index (Phi) is 8.55. The highest BCUT2D eigenvalue weighted by molar-refractivity contribution is 7.91. The summed E-state index contributed by atoms with van der Waals surface area (Å²) in [6.07, 6.45) is 5.67. The van der Waals surface area contributed by atoms with Crippen LogP contribution in [0.15, 0.2) is 29.2 Å². The lowest BCUT2D eigenvalue weighted by Gasteiger charge is -2.32. The van der Waals surface area contributed by atoms with Gasteiger partial charge in [-0.25, -0.2) is 8.42 Å². The number of piperidine rings is 1. The van der Waals surface area contributed by atoms with Gasteiger partial charge in [-0.15, -0.1) is 0 Å². The topological polar surface area (TPSA) is 83.6 Å². The molecule has 6 nitrogen and oxygen atoms in total. The van der Waals surface area contributed by atoms with Crippen LogP contribution in [0.1, 0.15) is 55.8 Å². The zero-order chi connectivity index (χ0) is 21.4. The van der Waals surface area contributed by atoms with Gasteiger partial charge in [-0.05, 0) is 43.5 Å². The minimum atomic E-state index is -4.69. The van der Waals surface area contributed by atoms with Gasteiger partial charge < -0.3 is 10.2 Å². The molecule has 0 bridgehead atoms. The number of carbonyl (C=O) groups excluding carboxylic acids is 2. The average molecular weight is 431 g/mol. The number of sulfone groups is 1. The first-order valence-corrected chi connectivity index (χ1v) is 11.5. The predicted octanol–water partition coefficient (Wildman–Crippen LogP) is 3.23. The zero-order valence-electron chi connectivity index (χ0n) is 16.6. The fourth-order valence-electron chi connectivity index (χ4n) is 3.36. The molecule has 0 spiro atoms. The molecule has 1 unspecified atom stereocenters. The van der Waals surface area contributed by atoms with Crippen molar-refractivity contribution in [2.75, 3.05) is 19.6 Å². The van der Waals surface area contributed by atoms with Gasteiger partial charge in [0.05, 0.1) is 10.8 Å². The number of alkyl halides is 2. The van der Waals surface area contributed by atoms with E-state index in [2.05, 4.69) is 12.2 Å². The van der Waals surface area contributed by atoms with Crippen LogP contribution in [0.5, 0.6) is 0 Å². The molecule has 0 radical (unpaired) electrons.